The second-order valence-corrected chi connectivity index (χ2v) is 8.07. The van der Waals surface area contributed by atoms with E-state index in [-0.39, 0.29) is 26.4 Å². The van der Waals surface area contributed by atoms with Gasteiger partial charge in [0.25, 0.3) is 0 Å². The third-order valence-electron chi connectivity index (χ3n) is 5.98. The number of hydrogen-bond acceptors (Lipinski definition) is 8. The van der Waals surface area contributed by atoms with Gasteiger partial charge in [-0.05, 0) is 5.56 Å². The minimum absolute atomic E-state index is 0.00542. The van der Waals surface area contributed by atoms with Gasteiger partial charge in [-0.3, -0.25) is 4.79 Å². The van der Waals surface area contributed by atoms with Crippen LogP contribution in [0, 0.1) is 0 Å². The van der Waals surface area contributed by atoms with Crippen molar-refractivity contribution in [3.8, 4) is 0 Å². The zero-order chi connectivity index (χ0) is 22.0. The molecule has 0 bridgehead atoms. The molecule has 32 heavy (non-hydrogen) atoms. The molecule has 3 fully saturated rings. The van der Waals surface area contributed by atoms with Crippen LogP contribution in [0.15, 0.2) is 60.7 Å². The maximum atomic E-state index is 12.4. The summed E-state index contributed by atoms with van der Waals surface area (Å²) >= 11 is 0. The Morgan fingerprint density at radius 2 is 1.78 bits per heavy atom. The average molecular weight is 442 g/mol. The SMILES string of the molecule is COCO[C@H]1[C@H]2O[C@@H](c3ccccc3)OC[C@H]2O[C@@H]2OC(=O)C[C@@]21OCc1ccccc1. The molecule has 0 aliphatic carbocycles. The second kappa shape index (κ2) is 9.27. The van der Waals surface area contributed by atoms with E-state index in [1.807, 2.05) is 60.7 Å². The molecular formula is C24H26O8. The number of rotatable bonds is 7. The highest BCUT2D eigenvalue weighted by Gasteiger charge is 2.66. The van der Waals surface area contributed by atoms with E-state index >= 15 is 0 Å². The lowest BCUT2D eigenvalue weighted by Gasteiger charge is -2.51. The van der Waals surface area contributed by atoms with Crippen molar-refractivity contribution in [2.75, 3.05) is 20.5 Å². The largest absolute Gasteiger partial charge is 0.432 e. The molecule has 3 saturated heterocycles. The minimum atomic E-state index is -1.18. The van der Waals surface area contributed by atoms with Crippen LogP contribution in [-0.2, 0) is 44.6 Å². The van der Waals surface area contributed by atoms with E-state index in [9.17, 15) is 4.79 Å². The zero-order valence-corrected chi connectivity index (χ0v) is 17.8. The molecular weight excluding hydrogens is 416 g/mol. The zero-order valence-electron chi connectivity index (χ0n) is 17.8. The molecule has 2 aromatic carbocycles. The summed E-state index contributed by atoms with van der Waals surface area (Å²) in [6, 6.07) is 19.4. The number of carbonyl (C=O) groups excluding carboxylic acids is 1. The highest BCUT2D eigenvalue weighted by atomic mass is 16.8. The molecule has 8 heteroatoms. The number of fused-ring (bicyclic) bond motifs is 2. The van der Waals surface area contributed by atoms with Gasteiger partial charge >= 0.3 is 5.97 Å². The van der Waals surface area contributed by atoms with Gasteiger partial charge in [-0.2, -0.15) is 0 Å². The molecule has 3 aliphatic heterocycles. The predicted molar refractivity (Wildman–Crippen MR) is 110 cm³/mol. The smallest absolute Gasteiger partial charge is 0.311 e. The Bertz CT molecular complexity index is 907. The van der Waals surface area contributed by atoms with Gasteiger partial charge in [0.1, 0.15) is 25.1 Å². The van der Waals surface area contributed by atoms with Gasteiger partial charge in [0, 0.05) is 12.7 Å². The van der Waals surface area contributed by atoms with Crippen molar-refractivity contribution in [1.82, 2.24) is 0 Å². The van der Waals surface area contributed by atoms with Gasteiger partial charge in [0.15, 0.2) is 11.9 Å². The van der Waals surface area contributed by atoms with Crippen LogP contribution in [-0.4, -0.2) is 56.7 Å². The lowest BCUT2D eigenvalue weighted by atomic mass is 9.84. The third-order valence-corrected chi connectivity index (χ3v) is 5.98. The van der Waals surface area contributed by atoms with Crippen molar-refractivity contribution in [3.63, 3.8) is 0 Å². The topological polar surface area (TPSA) is 81.7 Å². The molecule has 3 aliphatic rings. The number of carbonyl (C=O) groups is 1. The summed E-state index contributed by atoms with van der Waals surface area (Å²) in [7, 11) is 1.54. The van der Waals surface area contributed by atoms with Crippen molar-refractivity contribution in [1.29, 1.82) is 0 Å². The fraction of sp³-hybridized carbons (Fsp3) is 0.458. The van der Waals surface area contributed by atoms with E-state index in [1.165, 1.54) is 0 Å². The van der Waals surface area contributed by atoms with E-state index in [0.29, 0.717) is 0 Å². The standard InChI is InChI=1S/C24H26O8/c1-26-15-28-21-20-18(14-27-22(32-20)17-10-6-3-7-11-17)30-23-24(21,12-19(25)31-23)29-13-16-8-4-2-5-9-16/h2-11,18,20-23H,12-15H2,1H3/t18-,20+,21+,22+,23-,24+/m1/s1. The van der Waals surface area contributed by atoms with Gasteiger partial charge in [0.2, 0.25) is 6.29 Å². The van der Waals surface area contributed by atoms with E-state index in [0.717, 1.165) is 11.1 Å². The Labute approximate surface area is 186 Å². The fourth-order valence-corrected chi connectivity index (χ4v) is 4.47. The molecule has 0 radical (unpaired) electrons. The lowest BCUT2D eigenvalue weighted by Crippen LogP contribution is -2.68. The van der Waals surface area contributed by atoms with Crippen LogP contribution in [0.1, 0.15) is 23.8 Å². The van der Waals surface area contributed by atoms with Crippen molar-refractivity contribution < 1.29 is 38.0 Å². The first kappa shape index (κ1) is 21.5. The van der Waals surface area contributed by atoms with Gasteiger partial charge in [-0.15, -0.1) is 0 Å². The molecule has 8 nitrogen and oxygen atoms in total. The Balaban J connectivity index is 1.44. The Hall–Kier alpha value is -2.33. The minimum Gasteiger partial charge on any atom is -0.432 e. The maximum absolute atomic E-state index is 12.4. The number of hydrogen-bond donors (Lipinski definition) is 0. The molecule has 0 amide bonds. The lowest BCUT2D eigenvalue weighted by molar-refractivity contribution is -0.385. The van der Waals surface area contributed by atoms with Crippen LogP contribution < -0.4 is 0 Å². The number of methoxy groups -OCH3 is 1. The summed E-state index contributed by atoms with van der Waals surface area (Å²) in [6.45, 7) is 0.533. The van der Waals surface area contributed by atoms with E-state index < -0.39 is 42.5 Å². The van der Waals surface area contributed by atoms with Crippen LogP contribution in [0.4, 0.5) is 0 Å². The normalized spacial score (nSPS) is 33.9. The first-order chi connectivity index (χ1) is 15.7. The summed E-state index contributed by atoms with van der Waals surface area (Å²) in [5, 5.41) is 0. The van der Waals surface area contributed by atoms with Gasteiger partial charge in [-0.25, -0.2) is 0 Å². The van der Waals surface area contributed by atoms with Crippen molar-refractivity contribution in [2.24, 2.45) is 0 Å². The molecule has 0 N–H and O–H groups in total. The first-order valence-corrected chi connectivity index (χ1v) is 10.6. The van der Waals surface area contributed by atoms with Crippen LogP contribution in [0.2, 0.25) is 0 Å². The van der Waals surface area contributed by atoms with Crippen LogP contribution in [0.5, 0.6) is 0 Å². The summed E-state index contributed by atoms with van der Waals surface area (Å²) < 4.78 is 41.5. The van der Waals surface area contributed by atoms with Crippen LogP contribution in [0.25, 0.3) is 0 Å². The number of ether oxygens (including phenoxy) is 7. The monoisotopic (exact) mass is 442 g/mol. The van der Waals surface area contributed by atoms with Crippen LogP contribution in [0.3, 0.4) is 0 Å². The second-order valence-electron chi connectivity index (χ2n) is 8.07. The van der Waals surface area contributed by atoms with E-state index in [2.05, 4.69) is 0 Å². The molecule has 5 rings (SSSR count). The number of esters is 1. The fourth-order valence-electron chi connectivity index (χ4n) is 4.47. The molecule has 3 heterocycles. The quantitative estimate of drug-likeness (QED) is 0.478. The van der Waals surface area contributed by atoms with E-state index in [4.69, 9.17) is 33.2 Å². The van der Waals surface area contributed by atoms with Gasteiger partial charge in [0.05, 0.1) is 19.6 Å². The Kier molecular flexibility index (Phi) is 6.23. The summed E-state index contributed by atoms with van der Waals surface area (Å²) in [6.07, 6.45) is -3.23. The predicted octanol–water partition coefficient (Wildman–Crippen LogP) is 2.72. The maximum Gasteiger partial charge on any atom is 0.311 e. The van der Waals surface area contributed by atoms with Gasteiger partial charge < -0.3 is 33.2 Å². The molecule has 2 aromatic rings. The average Bonchev–Trinajstić information content (AvgIpc) is 3.17. The summed E-state index contributed by atoms with van der Waals surface area (Å²) in [5.41, 5.74) is 0.671. The van der Waals surface area contributed by atoms with Gasteiger partial charge in [-0.1, -0.05) is 60.7 Å². The van der Waals surface area contributed by atoms with Crippen LogP contribution >= 0.6 is 0 Å². The summed E-state index contributed by atoms with van der Waals surface area (Å²) in [4.78, 5) is 12.4. The highest BCUT2D eigenvalue weighted by molar-refractivity contribution is 5.74. The molecule has 0 saturated carbocycles. The molecule has 0 unspecified atom stereocenters. The molecule has 170 valence electrons. The van der Waals surface area contributed by atoms with E-state index in [1.54, 1.807) is 7.11 Å². The summed E-state index contributed by atoms with van der Waals surface area (Å²) in [5.74, 6) is -0.409. The molecule has 0 spiro atoms. The number of benzene rings is 2. The first-order valence-electron chi connectivity index (χ1n) is 10.6. The van der Waals surface area contributed by atoms with Crippen molar-refractivity contribution in [3.05, 3.63) is 71.8 Å². The van der Waals surface area contributed by atoms with Crippen molar-refractivity contribution >= 4 is 5.97 Å². The Morgan fingerprint density at radius 1 is 1.03 bits per heavy atom. The van der Waals surface area contributed by atoms with Crippen molar-refractivity contribution in [2.45, 2.75) is 49.5 Å². The third kappa shape index (κ3) is 4.05. The highest BCUT2D eigenvalue weighted by Crippen LogP contribution is 2.46. The molecule has 0 aromatic heterocycles. The Morgan fingerprint density at radius 3 is 2.53 bits per heavy atom. The molecule has 6 atom stereocenters.